The monoisotopic (exact) mass is 479 g/mol. The molecule has 0 saturated carbocycles. The summed E-state index contributed by atoms with van der Waals surface area (Å²) >= 11 is -1.96. The van der Waals surface area contributed by atoms with E-state index < -0.39 is 13.3 Å². The van der Waals surface area contributed by atoms with Crippen LogP contribution in [0.25, 0.3) is 50.2 Å². The van der Waals surface area contributed by atoms with Crippen LogP contribution in [0.1, 0.15) is 0 Å². The van der Waals surface area contributed by atoms with Gasteiger partial charge in [0.05, 0.1) is 0 Å². The summed E-state index contributed by atoms with van der Waals surface area (Å²) in [6, 6.07) is 27.3. The number of furan rings is 1. The van der Waals surface area contributed by atoms with Gasteiger partial charge in [-0.1, -0.05) is 0 Å². The number of nitrogens with zero attached hydrogens (tertiary/aromatic N) is 3. The summed E-state index contributed by atoms with van der Waals surface area (Å²) in [5, 5.41) is 2.27. The van der Waals surface area contributed by atoms with Crippen molar-refractivity contribution in [2.75, 3.05) is 0 Å². The van der Waals surface area contributed by atoms with Gasteiger partial charge in [-0.15, -0.1) is 0 Å². The Morgan fingerprint density at radius 2 is 1.66 bits per heavy atom. The molecule has 0 saturated heterocycles. The van der Waals surface area contributed by atoms with Gasteiger partial charge >= 0.3 is 189 Å². The number of hydrogen-bond donors (Lipinski definition) is 0. The molecule has 3 aromatic carbocycles. The van der Waals surface area contributed by atoms with E-state index in [4.69, 9.17) is 9.40 Å². The van der Waals surface area contributed by atoms with Crippen LogP contribution in [-0.4, -0.2) is 27.8 Å². The molecule has 156 valence electrons. The number of aromatic nitrogens is 3. The molecule has 0 atom stereocenters. The Balaban J connectivity index is 1.67. The molecule has 3 heterocycles. The van der Waals surface area contributed by atoms with E-state index in [0.717, 1.165) is 50.2 Å². The Kier molecular flexibility index (Phi) is 4.27. The molecule has 0 bridgehead atoms. The molecule has 0 aliphatic heterocycles. The molecule has 5 heteroatoms. The average Bonchev–Trinajstić information content (AvgIpc) is 3.37. The molecule has 0 unspecified atom stereocenters. The summed E-state index contributed by atoms with van der Waals surface area (Å²) in [4.78, 5) is 9.63. The number of imidazole rings is 1. The molecule has 0 spiro atoms. The van der Waals surface area contributed by atoms with Gasteiger partial charge in [-0.25, -0.2) is 0 Å². The minimum atomic E-state index is -1.96. The fraction of sp³-hybridized carbons (Fsp3) is 0.111. The van der Waals surface area contributed by atoms with Crippen molar-refractivity contribution in [3.63, 3.8) is 0 Å². The van der Waals surface area contributed by atoms with E-state index in [1.54, 1.807) is 0 Å². The molecule has 0 aliphatic carbocycles. The molecule has 32 heavy (non-hydrogen) atoms. The van der Waals surface area contributed by atoms with E-state index in [1.165, 1.54) is 4.40 Å². The van der Waals surface area contributed by atoms with Crippen LogP contribution < -0.4 is 4.40 Å². The molecule has 6 rings (SSSR count). The van der Waals surface area contributed by atoms with Crippen molar-refractivity contribution in [2.45, 2.75) is 17.3 Å². The maximum atomic E-state index is 6.52. The maximum absolute atomic E-state index is 6.52. The van der Waals surface area contributed by atoms with E-state index in [1.807, 2.05) is 36.5 Å². The minimum absolute atomic E-state index is 0.836. The average molecular weight is 478 g/mol. The summed E-state index contributed by atoms with van der Waals surface area (Å²) in [5.41, 5.74) is 5.52. The van der Waals surface area contributed by atoms with Gasteiger partial charge in [0.1, 0.15) is 0 Å². The quantitative estimate of drug-likeness (QED) is 0.272. The predicted octanol–water partition coefficient (Wildman–Crippen LogP) is 6.53. The van der Waals surface area contributed by atoms with Crippen molar-refractivity contribution in [3.8, 4) is 17.1 Å². The van der Waals surface area contributed by atoms with Crippen LogP contribution in [-0.2, 0) is 0 Å². The Bertz CT molecular complexity index is 1610. The van der Waals surface area contributed by atoms with Crippen LogP contribution in [0.15, 0.2) is 89.5 Å². The van der Waals surface area contributed by atoms with Crippen LogP contribution in [0.3, 0.4) is 0 Å². The predicted molar refractivity (Wildman–Crippen MR) is 135 cm³/mol. The molecular formula is C27H23GeN3O. The summed E-state index contributed by atoms with van der Waals surface area (Å²) in [5.74, 6) is 8.06. The van der Waals surface area contributed by atoms with Crippen molar-refractivity contribution in [3.05, 3.63) is 85.1 Å². The van der Waals surface area contributed by atoms with Crippen LogP contribution in [0.2, 0.25) is 17.3 Å². The van der Waals surface area contributed by atoms with Gasteiger partial charge in [-0.3, -0.25) is 0 Å². The van der Waals surface area contributed by atoms with Crippen LogP contribution >= 0.6 is 0 Å². The van der Waals surface area contributed by atoms with E-state index in [2.05, 4.69) is 75.4 Å². The third kappa shape index (κ3) is 2.98. The molecule has 0 radical (unpaired) electrons. The van der Waals surface area contributed by atoms with Gasteiger partial charge in [0.2, 0.25) is 0 Å². The summed E-state index contributed by atoms with van der Waals surface area (Å²) in [7, 11) is 0. The first-order valence-corrected chi connectivity index (χ1v) is 18.2. The number of para-hydroxylation sites is 2. The summed E-state index contributed by atoms with van der Waals surface area (Å²) in [6.07, 6.45) is 1.81. The first-order valence-electron chi connectivity index (χ1n) is 10.9. The third-order valence-electron chi connectivity index (χ3n) is 6.04. The van der Waals surface area contributed by atoms with Crippen LogP contribution in [0, 0.1) is 0 Å². The van der Waals surface area contributed by atoms with Crippen molar-refractivity contribution in [1.29, 1.82) is 0 Å². The number of pyridine rings is 1. The topological polar surface area (TPSA) is 43.9 Å². The van der Waals surface area contributed by atoms with Gasteiger partial charge in [-0.2, -0.15) is 0 Å². The molecule has 0 aliphatic rings. The fourth-order valence-electron chi connectivity index (χ4n) is 4.36. The van der Waals surface area contributed by atoms with Gasteiger partial charge in [0, 0.05) is 0 Å². The molecule has 0 N–H and O–H groups in total. The Morgan fingerprint density at radius 3 is 2.47 bits per heavy atom. The van der Waals surface area contributed by atoms with E-state index in [0.29, 0.717) is 0 Å². The van der Waals surface area contributed by atoms with Gasteiger partial charge in [-0.05, 0) is 0 Å². The zero-order valence-electron chi connectivity index (χ0n) is 18.3. The summed E-state index contributed by atoms with van der Waals surface area (Å²) < 4.78 is 10.1. The zero-order valence-corrected chi connectivity index (χ0v) is 20.4. The molecule has 4 nitrogen and oxygen atoms in total. The zero-order chi connectivity index (χ0) is 21.9. The van der Waals surface area contributed by atoms with Gasteiger partial charge in [0.25, 0.3) is 0 Å². The Labute approximate surface area is 188 Å². The number of fused-ring (bicyclic) bond motifs is 4. The van der Waals surface area contributed by atoms with Gasteiger partial charge < -0.3 is 0 Å². The normalized spacial score (nSPS) is 12.2. The molecular weight excluding hydrogens is 455 g/mol. The van der Waals surface area contributed by atoms with Crippen molar-refractivity contribution < 1.29 is 4.42 Å². The molecule has 0 amide bonds. The second-order valence-electron chi connectivity index (χ2n) is 9.20. The first-order chi connectivity index (χ1) is 15.5. The molecule has 6 aromatic rings. The van der Waals surface area contributed by atoms with Crippen molar-refractivity contribution in [2.24, 2.45) is 0 Å². The second kappa shape index (κ2) is 7.07. The van der Waals surface area contributed by atoms with Crippen LogP contribution in [0.4, 0.5) is 0 Å². The van der Waals surface area contributed by atoms with E-state index in [9.17, 15) is 0 Å². The standard InChI is InChI=1S/C27H23GeN3O/c1-28(2,3)18-14-15-20-21-11-7-12-22(25(21)32-24(20)17-18)26-30-23-13-8-16-29-27(23)31(26)19-9-5-4-6-10-19/h4-17H,1-3H3. The second-order valence-corrected chi connectivity index (χ2v) is 19.9. The SMILES string of the molecule is [CH3][Ge]([CH3])([CH3])[c]1ccc2c(c1)oc1c(-c3nc4cccnc4n3-c3ccccc3)cccc12. The van der Waals surface area contributed by atoms with Crippen molar-refractivity contribution in [1.82, 2.24) is 14.5 Å². The Hall–Kier alpha value is -3.38. The molecule has 0 fully saturated rings. The van der Waals surface area contributed by atoms with Crippen molar-refractivity contribution >= 4 is 50.8 Å². The Morgan fingerprint density at radius 1 is 0.812 bits per heavy atom. The van der Waals surface area contributed by atoms with Gasteiger partial charge in [0.15, 0.2) is 0 Å². The first kappa shape index (κ1) is 19.3. The van der Waals surface area contributed by atoms with Crippen LogP contribution in [0.5, 0.6) is 0 Å². The number of benzene rings is 3. The van der Waals surface area contributed by atoms with E-state index in [-0.39, 0.29) is 0 Å². The molecule has 3 aromatic heterocycles. The number of hydrogen-bond acceptors (Lipinski definition) is 3. The van der Waals surface area contributed by atoms with E-state index >= 15 is 0 Å². The fourth-order valence-corrected chi connectivity index (χ4v) is 6.76. The number of rotatable bonds is 3. The summed E-state index contributed by atoms with van der Waals surface area (Å²) in [6.45, 7) is 0. The third-order valence-corrected chi connectivity index (χ3v) is 10.3.